The van der Waals surface area contributed by atoms with E-state index >= 15 is 0 Å². The summed E-state index contributed by atoms with van der Waals surface area (Å²) in [7, 11) is -2.52. The van der Waals surface area contributed by atoms with Crippen LogP contribution in [0.1, 0.15) is 12.8 Å². The van der Waals surface area contributed by atoms with Gasteiger partial charge in [0.25, 0.3) is 0 Å². The van der Waals surface area contributed by atoms with E-state index in [4.69, 9.17) is 0 Å². The number of amides is 1. The van der Waals surface area contributed by atoms with Gasteiger partial charge in [-0.1, -0.05) is 12.1 Å². The van der Waals surface area contributed by atoms with Crippen LogP contribution in [-0.2, 0) is 14.8 Å². The van der Waals surface area contributed by atoms with Crippen LogP contribution in [0.25, 0.3) is 0 Å². The number of phenolic OH excluding ortho intramolecular Hbond substituents is 1. The zero-order valence-electron chi connectivity index (χ0n) is 11.3. The van der Waals surface area contributed by atoms with E-state index in [2.05, 4.69) is 0 Å². The third-order valence-corrected chi connectivity index (χ3v) is 5.22. The van der Waals surface area contributed by atoms with Crippen molar-refractivity contribution in [3.63, 3.8) is 0 Å². The summed E-state index contributed by atoms with van der Waals surface area (Å²) in [6.45, 7) is 1.16. The Hall–Kier alpha value is -1.60. The number of hydrogen-bond acceptors (Lipinski definition) is 4. The Morgan fingerprint density at radius 3 is 2.50 bits per heavy atom. The molecule has 0 bridgehead atoms. The maximum atomic E-state index is 12.3. The lowest BCUT2D eigenvalue weighted by molar-refractivity contribution is -0.130. The van der Waals surface area contributed by atoms with E-state index in [0.29, 0.717) is 13.1 Å². The molecule has 1 fully saturated rings. The number of sulfonamides is 1. The van der Waals surface area contributed by atoms with Crippen molar-refractivity contribution in [2.45, 2.75) is 17.7 Å². The first-order valence-electron chi connectivity index (χ1n) is 6.45. The largest absolute Gasteiger partial charge is 0.507 e. The number of nitrogens with zero attached hydrogens (tertiary/aromatic N) is 2. The van der Waals surface area contributed by atoms with E-state index in [1.54, 1.807) is 11.0 Å². The number of rotatable bonds is 4. The van der Waals surface area contributed by atoms with Crippen molar-refractivity contribution in [2.75, 3.05) is 26.7 Å². The van der Waals surface area contributed by atoms with Crippen molar-refractivity contribution in [3.8, 4) is 5.75 Å². The molecule has 7 heteroatoms. The van der Waals surface area contributed by atoms with E-state index in [1.807, 2.05) is 0 Å². The number of aromatic hydroxyl groups is 1. The van der Waals surface area contributed by atoms with Gasteiger partial charge < -0.3 is 10.0 Å². The van der Waals surface area contributed by atoms with Gasteiger partial charge in [0.1, 0.15) is 10.6 Å². The minimum atomic E-state index is -3.86. The van der Waals surface area contributed by atoms with Gasteiger partial charge in [0.2, 0.25) is 15.9 Å². The third-order valence-electron chi connectivity index (χ3n) is 3.37. The Morgan fingerprint density at radius 1 is 1.30 bits per heavy atom. The van der Waals surface area contributed by atoms with Crippen molar-refractivity contribution in [2.24, 2.45) is 0 Å². The van der Waals surface area contributed by atoms with Crippen LogP contribution in [0.15, 0.2) is 29.2 Å². The van der Waals surface area contributed by atoms with Crippen molar-refractivity contribution < 1.29 is 18.3 Å². The third kappa shape index (κ3) is 2.94. The first-order valence-corrected chi connectivity index (χ1v) is 7.89. The van der Waals surface area contributed by atoms with Gasteiger partial charge in [-0.2, -0.15) is 4.31 Å². The molecule has 0 saturated carbocycles. The maximum absolute atomic E-state index is 12.3. The Bertz CT molecular complexity index is 594. The van der Waals surface area contributed by atoms with E-state index in [1.165, 1.54) is 25.2 Å². The van der Waals surface area contributed by atoms with Gasteiger partial charge in [-0.25, -0.2) is 8.42 Å². The summed E-state index contributed by atoms with van der Waals surface area (Å²) >= 11 is 0. The van der Waals surface area contributed by atoms with Gasteiger partial charge in [-0.05, 0) is 25.0 Å². The summed E-state index contributed by atoms with van der Waals surface area (Å²) in [6.07, 6.45) is 1.92. The molecule has 1 aliphatic rings. The summed E-state index contributed by atoms with van der Waals surface area (Å²) in [5.41, 5.74) is 0. The van der Waals surface area contributed by atoms with Crippen LogP contribution in [0.3, 0.4) is 0 Å². The number of benzene rings is 1. The molecule has 1 N–H and O–H groups in total. The van der Waals surface area contributed by atoms with Gasteiger partial charge in [0, 0.05) is 20.1 Å². The van der Waals surface area contributed by atoms with E-state index < -0.39 is 10.0 Å². The maximum Gasteiger partial charge on any atom is 0.246 e. The van der Waals surface area contributed by atoms with Gasteiger partial charge in [-0.15, -0.1) is 0 Å². The summed E-state index contributed by atoms with van der Waals surface area (Å²) in [4.78, 5) is 13.5. The molecule has 1 aliphatic heterocycles. The number of para-hydroxylation sites is 1. The highest BCUT2D eigenvalue weighted by atomic mass is 32.2. The lowest BCUT2D eigenvalue weighted by Gasteiger charge is -2.21. The van der Waals surface area contributed by atoms with Crippen molar-refractivity contribution >= 4 is 15.9 Å². The highest BCUT2D eigenvalue weighted by Crippen LogP contribution is 2.24. The van der Waals surface area contributed by atoms with Gasteiger partial charge >= 0.3 is 0 Å². The quantitative estimate of drug-likeness (QED) is 0.884. The van der Waals surface area contributed by atoms with E-state index in [-0.39, 0.29) is 23.1 Å². The first kappa shape index (κ1) is 14.8. The lowest BCUT2D eigenvalue weighted by Crippen LogP contribution is -2.39. The highest BCUT2D eigenvalue weighted by Gasteiger charge is 2.28. The second-order valence-corrected chi connectivity index (χ2v) is 6.83. The Kier molecular flexibility index (Phi) is 4.29. The average molecular weight is 298 g/mol. The molecule has 0 atom stereocenters. The number of carbonyl (C=O) groups is 1. The first-order chi connectivity index (χ1) is 9.43. The second-order valence-electron chi connectivity index (χ2n) is 4.82. The molecule has 0 radical (unpaired) electrons. The zero-order chi connectivity index (χ0) is 14.8. The highest BCUT2D eigenvalue weighted by molar-refractivity contribution is 7.89. The minimum Gasteiger partial charge on any atom is -0.507 e. The average Bonchev–Trinajstić information content (AvgIpc) is 2.92. The molecule has 0 aromatic heterocycles. The number of likely N-dealkylation sites (tertiary alicyclic amines) is 1. The molecule has 1 aromatic carbocycles. The number of carbonyl (C=O) groups excluding carboxylic acids is 1. The molecule has 0 aliphatic carbocycles. The molecule has 6 nitrogen and oxygen atoms in total. The molecule has 1 aromatic rings. The lowest BCUT2D eigenvalue weighted by atomic mass is 10.3. The van der Waals surface area contributed by atoms with E-state index in [9.17, 15) is 18.3 Å². The molecular formula is C13H18N2O4S. The Labute approximate surface area is 118 Å². The smallest absolute Gasteiger partial charge is 0.246 e. The second kappa shape index (κ2) is 5.80. The molecule has 2 rings (SSSR count). The predicted octanol–water partition coefficient (Wildman–Crippen LogP) is 0.635. The molecule has 1 heterocycles. The van der Waals surface area contributed by atoms with Crippen LogP contribution in [0, 0.1) is 0 Å². The fraction of sp³-hybridized carbons (Fsp3) is 0.462. The SMILES string of the molecule is CN(CC(=O)N1CCCC1)S(=O)(=O)c1ccccc1O. The zero-order valence-corrected chi connectivity index (χ0v) is 12.1. The summed E-state index contributed by atoms with van der Waals surface area (Å²) in [5.74, 6) is -0.517. The molecular weight excluding hydrogens is 280 g/mol. The van der Waals surface area contributed by atoms with Crippen molar-refractivity contribution in [1.29, 1.82) is 0 Å². The number of hydrogen-bond donors (Lipinski definition) is 1. The van der Waals surface area contributed by atoms with Crippen molar-refractivity contribution in [1.82, 2.24) is 9.21 Å². The number of phenols is 1. The molecule has 110 valence electrons. The van der Waals surface area contributed by atoms with Crippen LogP contribution < -0.4 is 0 Å². The summed E-state index contributed by atoms with van der Waals surface area (Å²) in [5, 5.41) is 9.64. The van der Waals surface area contributed by atoms with E-state index in [0.717, 1.165) is 17.1 Å². The fourth-order valence-electron chi connectivity index (χ4n) is 2.19. The standard InChI is InChI=1S/C13H18N2O4S/c1-14(10-13(17)15-8-4-5-9-15)20(18,19)12-7-3-2-6-11(12)16/h2-3,6-7,16H,4-5,8-10H2,1H3. The van der Waals surface area contributed by atoms with Crippen LogP contribution >= 0.6 is 0 Å². The van der Waals surface area contributed by atoms with Crippen LogP contribution in [0.5, 0.6) is 5.75 Å². The van der Waals surface area contributed by atoms with Crippen LogP contribution in [0.2, 0.25) is 0 Å². The Balaban J connectivity index is 2.13. The molecule has 20 heavy (non-hydrogen) atoms. The number of likely N-dealkylation sites (N-methyl/N-ethyl adjacent to an activating group) is 1. The molecule has 0 unspecified atom stereocenters. The monoisotopic (exact) mass is 298 g/mol. The van der Waals surface area contributed by atoms with Gasteiger partial charge in [0.15, 0.2) is 0 Å². The fourth-order valence-corrected chi connectivity index (χ4v) is 3.38. The van der Waals surface area contributed by atoms with Crippen LogP contribution in [-0.4, -0.2) is 55.3 Å². The molecule has 1 amide bonds. The summed E-state index contributed by atoms with van der Waals surface area (Å²) < 4.78 is 25.6. The normalized spacial score (nSPS) is 15.8. The van der Waals surface area contributed by atoms with Gasteiger partial charge in [0.05, 0.1) is 6.54 Å². The van der Waals surface area contributed by atoms with Crippen LogP contribution in [0.4, 0.5) is 0 Å². The van der Waals surface area contributed by atoms with Gasteiger partial charge in [-0.3, -0.25) is 4.79 Å². The molecule has 0 spiro atoms. The van der Waals surface area contributed by atoms with Crippen molar-refractivity contribution in [3.05, 3.63) is 24.3 Å². The minimum absolute atomic E-state index is 0.184. The topological polar surface area (TPSA) is 77.9 Å². The predicted molar refractivity (Wildman–Crippen MR) is 73.7 cm³/mol. The molecule has 1 saturated heterocycles. The Morgan fingerprint density at radius 2 is 1.90 bits per heavy atom. The summed E-state index contributed by atoms with van der Waals surface area (Å²) in [6, 6.07) is 5.71.